The Morgan fingerprint density at radius 3 is 2.21 bits per heavy atom. The highest BCUT2D eigenvalue weighted by Gasteiger charge is 2.37. The van der Waals surface area contributed by atoms with Crippen LogP contribution in [-0.2, 0) is 20.2 Å². The fourth-order valence-corrected chi connectivity index (χ4v) is 4.45. The van der Waals surface area contributed by atoms with Gasteiger partial charge in [-0.05, 0) is 23.8 Å². The summed E-state index contributed by atoms with van der Waals surface area (Å²) < 4.78 is 38.9. The van der Waals surface area contributed by atoms with Gasteiger partial charge in [0.1, 0.15) is 11.5 Å². The molecular formula is C20H24N2O5S. The summed E-state index contributed by atoms with van der Waals surface area (Å²) in [5, 5.41) is 0. The van der Waals surface area contributed by atoms with Gasteiger partial charge in [-0.3, -0.25) is 9.52 Å². The number of ether oxygens (including phenoxy) is 2. The number of methoxy groups -OCH3 is 2. The molecule has 1 aliphatic heterocycles. The lowest BCUT2D eigenvalue weighted by atomic mass is 9.87. The van der Waals surface area contributed by atoms with E-state index in [1.54, 1.807) is 35.2 Å². The molecule has 1 heterocycles. The molecule has 1 aliphatic rings. The Bertz CT molecular complexity index is 1010. The average Bonchev–Trinajstić information content (AvgIpc) is 2.92. The van der Waals surface area contributed by atoms with Crippen molar-refractivity contribution in [3.05, 3.63) is 42.0 Å². The number of rotatable bonds is 5. The molecule has 0 saturated carbocycles. The van der Waals surface area contributed by atoms with E-state index in [0.717, 1.165) is 11.3 Å². The van der Waals surface area contributed by atoms with E-state index >= 15 is 0 Å². The number of anilines is 2. The van der Waals surface area contributed by atoms with Gasteiger partial charge in [-0.15, -0.1) is 0 Å². The molecule has 2 aromatic rings. The Labute approximate surface area is 165 Å². The summed E-state index contributed by atoms with van der Waals surface area (Å²) in [7, 11) is -0.844. The first-order valence-electron chi connectivity index (χ1n) is 8.76. The fourth-order valence-electron chi connectivity index (χ4n) is 3.39. The Morgan fingerprint density at radius 2 is 1.68 bits per heavy atom. The molecule has 0 aliphatic carbocycles. The van der Waals surface area contributed by atoms with Crippen LogP contribution < -0.4 is 19.1 Å². The van der Waals surface area contributed by atoms with Crippen LogP contribution in [0.3, 0.4) is 0 Å². The van der Waals surface area contributed by atoms with E-state index in [0.29, 0.717) is 23.7 Å². The molecule has 0 atom stereocenters. The van der Waals surface area contributed by atoms with Crippen LogP contribution in [0, 0.1) is 0 Å². The minimum atomic E-state index is -3.84. The van der Waals surface area contributed by atoms with Crippen molar-refractivity contribution < 1.29 is 22.7 Å². The standard InChI is InChI=1S/C20H24N2O5S/c1-13(23)22-12-20(2,3)18-11-17(6-7-19(18)22)28(24,25)21-14-8-15(26-4)10-16(9-14)27-5/h6-11,21H,12H2,1-5H3. The number of benzene rings is 2. The number of carbonyl (C=O) groups is 1. The van der Waals surface area contributed by atoms with Crippen LogP contribution in [0.4, 0.5) is 11.4 Å². The second kappa shape index (κ2) is 7.01. The summed E-state index contributed by atoms with van der Waals surface area (Å²) in [6.45, 7) is 6.01. The molecule has 150 valence electrons. The fraction of sp³-hybridized carbons (Fsp3) is 0.350. The number of carbonyl (C=O) groups excluding carboxylic acids is 1. The first kappa shape index (κ1) is 20.0. The Balaban J connectivity index is 1.99. The maximum absolute atomic E-state index is 13.0. The van der Waals surface area contributed by atoms with E-state index in [4.69, 9.17) is 9.47 Å². The van der Waals surface area contributed by atoms with Crippen molar-refractivity contribution in [2.24, 2.45) is 0 Å². The molecule has 1 amide bonds. The van der Waals surface area contributed by atoms with Crippen LogP contribution in [0.5, 0.6) is 11.5 Å². The van der Waals surface area contributed by atoms with Gasteiger partial charge in [0, 0.05) is 42.8 Å². The van der Waals surface area contributed by atoms with E-state index in [2.05, 4.69) is 4.72 Å². The third kappa shape index (κ3) is 3.64. The number of fused-ring (bicyclic) bond motifs is 1. The number of amides is 1. The molecule has 0 aromatic heterocycles. The molecule has 7 nitrogen and oxygen atoms in total. The van der Waals surface area contributed by atoms with Crippen LogP contribution in [0.15, 0.2) is 41.3 Å². The van der Waals surface area contributed by atoms with Gasteiger partial charge in [0.05, 0.1) is 24.8 Å². The second-order valence-corrected chi connectivity index (χ2v) is 9.06. The van der Waals surface area contributed by atoms with Gasteiger partial charge in [0.25, 0.3) is 10.0 Å². The van der Waals surface area contributed by atoms with E-state index in [1.807, 2.05) is 13.8 Å². The molecular weight excluding hydrogens is 380 g/mol. The Hall–Kier alpha value is -2.74. The molecule has 0 spiro atoms. The van der Waals surface area contributed by atoms with Gasteiger partial charge in [0.2, 0.25) is 5.91 Å². The normalized spacial score (nSPS) is 15.1. The van der Waals surface area contributed by atoms with Gasteiger partial charge in [-0.1, -0.05) is 13.8 Å². The second-order valence-electron chi connectivity index (χ2n) is 7.37. The van der Waals surface area contributed by atoms with Gasteiger partial charge in [0.15, 0.2) is 0 Å². The minimum Gasteiger partial charge on any atom is -0.497 e. The number of hydrogen-bond donors (Lipinski definition) is 1. The zero-order valence-electron chi connectivity index (χ0n) is 16.6. The van der Waals surface area contributed by atoms with Crippen LogP contribution >= 0.6 is 0 Å². The smallest absolute Gasteiger partial charge is 0.261 e. The van der Waals surface area contributed by atoms with Crippen molar-refractivity contribution in [1.29, 1.82) is 0 Å². The highest BCUT2D eigenvalue weighted by Crippen LogP contribution is 2.41. The maximum atomic E-state index is 13.0. The summed E-state index contributed by atoms with van der Waals surface area (Å²) in [6.07, 6.45) is 0. The SMILES string of the molecule is COc1cc(NS(=O)(=O)c2ccc3c(c2)C(C)(C)CN3C(C)=O)cc(OC)c1. The van der Waals surface area contributed by atoms with Crippen molar-refractivity contribution in [3.63, 3.8) is 0 Å². The number of hydrogen-bond acceptors (Lipinski definition) is 5. The van der Waals surface area contributed by atoms with Crippen molar-refractivity contribution in [2.45, 2.75) is 31.1 Å². The lowest BCUT2D eigenvalue weighted by molar-refractivity contribution is -0.116. The van der Waals surface area contributed by atoms with Crippen LogP contribution in [0.2, 0.25) is 0 Å². The predicted molar refractivity (Wildman–Crippen MR) is 108 cm³/mol. The molecule has 0 radical (unpaired) electrons. The number of nitrogens with one attached hydrogen (secondary N) is 1. The summed E-state index contributed by atoms with van der Waals surface area (Å²) in [5.74, 6) is 0.887. The summed E-state index contributed by atoms with van der Waals surface area (Å²) in [6, 6.07) is 9.65. The van der Waals surface area contributed by atoms with Crippen molar-refractivity contribution >= 4 is 27.3 Å². The lowest BCUT2D eigenvalue weighted by Crippen LogP contribution is -2.31. The summed E-state index contributed by atoms with van der Waals surface area (Å²) in [5.41, 5.74) is 1.57. The largest absolute Gasteiger partial charge is 0.497 e. The Kier molecular flexibility index (Phi) is 5.01. The molecule has 0 saturated heterocycles. The summed E-state index contributed by atoms with van der Waals surface area (Å²) in [4.78, 5) is 13.7. The van der Waals surface area contributed by atoms with Gasteiger partial charge < -0.3 is 14.4 Å². The van der Waals surface area contributed by atoms with Crippen molar-refractivity contribution in [3.8, 4) is 11.5 Å². The molecule has 28 heavy (non-hydrogen) atoms. The first-order valence-corrected chi connectivity index (χ1v) is 10.2. The highest BCUT2D eigenvalue weighted by atomic mass is 32.2. The zero-order chi connectivity index (χ0) is 20.7. The lowest BCUT2D eigenvalue weighted by Gasteiger charge is -2.19. The van der Waals surface area contributed by atoms with E-state index in [-0.39, 0.29) is 16.2 Å². The topological polar surface area (TPSA) is 84.9 Å². The van der Waals surface area contributed by atoms with Gasteiger partial charge in [-0.25, -0.2) is 8.42 Å². The maximum Gasteiger partial charge on any atom is 0.261 e. The van der Waals surface area contributed by atoms with Crippen LogP contribution in [0.1, 0.15) is 26.3 Å². The first-order chi connectivity index (χ1) is 13.1. The van der Waals surface area contributed by atoms with Crippen LogP contribution in [-0.4, -0.2) is 35.1 Å². The van der Waals surface area contributed by atoms with E-state index < -0.39 is 10.0 Å². The molecule has 1 N–H and O–H groups in total. The van der Waals surface area contributed by atoms with E-state index in [9.17, 15) is 13.2 Å². The number of nitrogens with zero attached hydrogens (tertiary/aromatic N) is 1. The molecule has 0 unspecified atom stereocenters. The predicted octanol–water partition coefficient (Wildman–Crippen LogP) is 3.15. The third-order valence-electron chi connectivity index (χ3n) is 4.84. The number of sulfonamides is 1. The minimum absolute atomic E-state index is 0.0657. The van der Waals surface area contributed by atoms with Gasteiger partial charge >= 0.3 is 0 Å². The van der Waals surface area contributed by atoms with E-state index in [1.165, 1.54) is 27.2 Å². The molecule has 0 bridgehead atoms. The van der Waals surface area contributed by atoms with Crippen molar-refractivity contribution in [1.82, 2.24) is 0 Å². The Morgan fingerprint density at radius 1 is 1.07 bits per heavy atom. The molecule has 3 rings (SSSR count). The van der Waals surface area contributed by atoms with Crippen LogP contribution in [0.25, 0.3) is 0 Å². The average molecular weight is 404 g/mol. The summed E-state index contributed by atoms with van der Waals surface area (Å²) >= 11 is 0. The molecule has 2 aromatic carbocycles. The molecule has 8 heteroatoms. The quantitative estimate of drug-likeness (QED) is 0.828. The van der Waals surface area contributed by atoms with Crippen molar-refractivity contribution in [2.75, 3.05) is 30.4 Å². The molecule has 0 fully saturated rings. The monoisotopic (exact) mass is 404 g/mol. The highest BCUT2D eigenvalue weighted by molar-refractivity contribution is 7.92. The van der Waals surface area contributed by atoms with Gasteiger partial charge in [-0.2, -0.15) is 0 Å². The third-order valence-corrected chi connectivity index (χ3v) is 6.21. The zero-order valence-corrected chi connectivity index (χ0v) is 17.4.